The quantitative estimate of drug-likeness (QED) is 0.0588. The van der Waals surface area contributed by atoms with Gasteiger partial charge in [0.2, 0.25) is 0 Å². The monoisotopic (exact) mass is 739 g/mol. The van der Waals surface area contributed by atoms with Crippen molar-refractivity contribution in [1.29, 1.82) is 0 Å². The number of allylic oxidation sites excluding steroid dienone is 2. The van der Waals surface area contributed by atoms with Crippen molar-refractivity contribution in [3.63, 3.8) is 0 Å². The Morgan fingerprint density at radius 1 is 0.981 bits per heavy atom. The topological polar surface area (TPSA) is 240 Å². The SMILES string of the molecule is CO[C@H]1/C=C/O[C@@]2(C)Oc3c(C)c(O)c4c(O)c(c(/C=N\N)c(O)c4c3C2=O)NC(=O)/C(C)=C\C=C\[C@H](C)[C@H](O)[C@@H](C)[C@@H](O)[C@@H](C)[C@H](OC(C)=O)[C@@H]1C. The third kappa shape index (κ3) is 7.54. The predicted molar refractivity (Wildman–Crippen MR) is 196 cm³/mol. The number of Topliss-reactive ketones (excluding diaryl/α,β-unsaturated/α-hetero) is 1. The molecular weight excluding hydrogens is 690 g/mol. The number of ether oxygens (including phenoxy) is 4. The van der Waals surface area contributed by atoms with Gasteiger partial charge in [-0.05, 0) is 19.9 Å². The summed E-state index contributed by atoms with van der Waals surface area (Å²) in [6.45, 7) is 12.3. The second kappa shape index (κ2) is 15.9. The first-order chi connectivity index (χ1) is 24.8. The molecule has 3 aliphatic heterocycles. The number of hydrogen-bond acceptors (Lipinski definition) is 14. The van der Waals surface area contributed by atoms with Gasteiger partial charge in [-0.25, -0.2) is 0 Å². The lowest BCUT2D eigenvalue weighted by atomic mass is 9.78. The highest BCUT2D eigenvalue weighted by Gasteiger charge is 2.50. The second-order valence-corrected chi connectivity index (χ2v) is 13.9. The summed E-state index contributed by atoms with van der Waals surface area (Å²) in [5.74, 6) is -3.22. The maximum absolute atomic E-state index is 14.1. The van der Waals surface area contributed by atoms with Gasteiger partial charge in [-0.1, -0.05) is 45.9 Å². The lowest BCUT2D eigenvalue weighted by Gasteiger charge is -2.38. The number of carbonyl (C=O) groups excluding carboxylic acids is 3. The number of carbonyl (C=O) groups is 3. The van der Waals surface area contributed by atoms with Gasteiger partial charge in [-0.2, -0.15) is 5.10 Å². The second-order valence-electron chi connectivity index (χ2n) is 13.9. The highest BCUT2D eigenvalue weighted by Crippen LogP contribution is 2.55. The van der Waals surface area contributed by atoms with Crippen LogP contribution in [0.5, 0.6) is 23.0 Å². The average Bonchev–Trinajstić information content (AvgIpc) is 3.38. The number of phenolic OH excluding ortho intramolecular Hbond substituents is 3. The molecule has 5 rings (SSSR count). The molecule has 0 spiro atoms. The summed E-state index contributed by atoms with van der Waals surface area (Å²) < 4.78 is 23.3. The minimum absolute atomic E-state index is 0.0294. The molecule has 2 aromatic rings. The molecule has 0 unspecified atom stereocenters. The van der Waals surface area contributed by atoms with Crippen LogP contribution in [0.25, 0.3) is 10.8 Å². The number of benzene rings is 2. The Morgan fingerprint density at radius 2 is 1.64 bits per heavy atom. The molecule has 15 heteroatoms. The molecule has 288 valence electrons. The zero-order chi connectivity index (χ0) is 39.7. The number of aliphatic hydroxyl groups excluding tert-OH is 2. The van der Waals surface area contributed by atoms with Crippen LogP contribution in [-0.4, -0.2) is 86.7 Å². The highest BCUT2D eigenvalue weighted by atomic mass is 16.7. The number of aromatic hydroxyl groups is 3. The van der Waals surface area contributed by atoms with Gasteiger partial charge in [0, 0.05) is 61.2 Å². The number of hydrazone groups is 1. The number of esters is 1. The number of amides is 1. The molecule has 1 amide bonds. The van der Waals surface area contributed by atoms with E-state index in [2.05, 4.69) is 10.4 Å². The van der Waals surface area contributed by atoms with E-state index in [0.717, 1.165) is 6.21 Å². The van der Waals surface area contributed by atoms with E-state index in [9.17, 15) is 39.9 Å². The van der Waals surface area contributed by atoms with Crippen molar-refractivity contribution in [2.24, 2.45) is 34.6 Å². The summed E-state index contributed by atoms with van der Waals surface area (Å²) in [5.41, 5.74) is -0.677. The lowest BCUT2D eigenvalue weighted by Crippen LogP contribution is -2.46. The van der Waals surface area contributed by atoms with Crippen molar-refractivity contribution >= 4 is 40.3 Å². The Balaban J connectivity index is 1.95. The third-order valence-corrected chi connectivity index (χ3v) is 10.2. The van der Waals surface area contributed by atoms with E-state index in [0.29, 0.717) is 0 Å². The molecule has 2 aromatic carbocycles. The van der Waals surface area contributed by atoms with Crippen molar-refractivity contribution in [2.75, 3.05) is 12.4 Å². The van der Waals surface area contributed by atoms with Crippen molar-refractivity contribution in [1.82, 2.24) is 0 Å². The maximum Gasteiger partial charge on any atom is 0.312 e. The van der Waals surface area contributed by atoms with Crippen LogP contribution >= 0.6 is 0 Å². The normalized spacial score (nSPS) is 32.2. The van der Waals surface area contributed by atoms with E-state index in [1.807, 2.05) is 0 Å². The Bertz CT molecular complexity index is 1900. The number of fused-ring (bicyclic) bond motifs is 14. The summed E-state index contributed by atoms with van der Waals surface area (Å²) >= 11 is 0. The Kier molecular flexibility index (Phi) is 12.2. The molecule has 3 aliphatic rings. The van der Waals surface area contributed by atoms with Gasteiger partial charge in [0.15, 0.2) is 5.75 Å². The Labute approximate surface area is 307 Å². The lowest BCUT2D eigenvalue weighted by molar-refractivity contribution is -0.160. The molecule has 53 heavy (non-hydrogen) atoms. The van der Waals surface area contributed by atoms with Crippen LogP contribution in [0.15, 0.2) is 41.2 Å². The third-order valence-electron chi connectivity index (χ3n) is 10.2. The predicted octanol–water partition coefficient (Wildman–Crippen LogP) is 4.05. The standard InChI is InChI=1S/C38H49N3O12/c1-16-11-10-12-17(2)37(49)41-28-23(15-40-39)32(46)25-26(33(28)47)31(45)21(6)35-27(25)36(48)38(8,53-35)51-14-13-24(50-9)18(3)34(52-22(7)42)20(5)30(44)19(4)29(16)43/h10-16,18-20,24,29-30,34,43-47H,39H2,1-9H3,(H,41,49)/b11-10+,14-13+,17-12-,40-15-/t16-,18+,19+,20+,24-,29-,30+,34+,38-/m0/s1. The van der Waals surface area contributed by atoms with Gasteiger partial charge >= 0.3 is 11.8 Å². The number of ketones is 1. The van der Waals surface area contributed by atoms with Crippen LogP contribution in [0.1, 0.15) is 70.0 Å². The van der Waals surface area contributed by atoms with Gasteiger partial charge in [-0.15, -0.1) is 0 Å². The first kappa shape index (κ1) is 40.6. The summed E-state index contributed by atoms with van der Waals surface area (Å²) in [7, 11) is 1.42. The van der Waals surface area contributed by atoms with Gasteiger partial charge in [0.05, 0.1) is 53.0 Å². The fourth-order valence-corrected chi connectivity index (χ4v) is 6.95. The number of nitrogens with one attached hydrogen (secondary N) is 1. The molecule has 0 saturated carbocycles. The molecule has 0 aromatic heterocycles. The van der Waals surface area contributed by atoms with Gasteiger partial charge < -0.3 is 55.6 Å². The number of hydrogen-bond donors (Lipinski definition) is 7. The average molecular weight is 740 g/mol. The molecule has 3 heterocycles. The first-order valence-electron chi connectivity index (χ1n) is 17.1. The van der Waals surface area contributed by atoms with Gasteiger partial charge in [0.25, 0.3) is 11.7 Å². The summed E-state index contributed by atoms with van der Waals surface area (Å²) in [6.07, 6.45) is 4.36. The number of anilines is 1. The molecule has 5 bridgehead atoms. The van der Waals surface area contributed by atoms with E-state index in [1.165, 1.54) is 53.2 Å². The minimum Gasteiger partial charge on any atom is -0.507 e. The first-order valence-corrected chi connectivity index (χ1v) is 17.1. The highest BCUT2D eigenvalue weighted by molar-refractivity contribution is 6.23. The van der Waals surface area contributed by atoms with Crippen LogP contribution in [-0.2, 0) is 23.8 Å². The van der Waals surface area contributed by atoms with E-state index in [-0.39, 0.29) is 44.5 Å². The van der Waals surface area contributed by atoms with E-state index in [4.69, 9.17) is 24.8 Å². The molecule has 0 aliphatic carbocycles. The molecule has 8 N–H and O–H groups in total. The number of nitrogens with two attached hydrogens (primary N) is 1. The summed E-state index contributed by atoms with van der Waals surface area (Å²) in [6, 6.07) is 0. The fraction of sp³-hybridized carbons (Fsp3) is 0.474. The van der Waals surface area contributed by atoms with Crippen LogP contribution in [0, 0.1) is 30.6 Å². The molecule has 0 fully saturated rings. The number of methoxy groups -OCH3 is 1. The van der Waals surface area contributed by atoms with E-state index >= 15 is 0 Å². The number of aliphatic hydroxyl groups is 2. The maximum atomic E-state index is 14.1. The zero-order valence-electron chi connectivity index (χ0n) is 31.2. The van der Waals surface area contributed by atoms with Gasteiger partial charge in [-0.3, -0.25) is 14.4 Å². The Morgan fingerprint density at radius 3 is 2.25 bits per heavy atom. The molecule has 15 nitrogen and oxygen atoms in total. The summed E-state index contributed by atoms with van der Waals surface area (Å²) in [4.78, 5) is 39.8. The van der Waals surface area contributed by atoms with Crippen molar-refractivity contribution in [2.45, 2.75) is 85.6 Å². The number of nitrogens with zero attached hydrogens (tertiary/aromatic N) is 1. The van der Waals surface area contributed by atoms with Gasteiger partial charge in [0.1, 0.15) is 23.4 Å². The van der Waals surface area contributed by atoms with E-state index < -0.39 is 88.8 Å². The van der Waals surface area contributed by atoms with Crippen LogP contribution in [0.2, 0.25) is 0 Å². The molecule has 9 atom stereocenters. The zero-order valence-corrected chi connectivity index (χ0v) is 31.2. The van der Waals surface area contributed by atoms with Crippen LogP contribution in [0.3, 0.4) is 0 Å². The summed E-state index contributed by atoms with van der Waals surface area (Å²) in [5, 5.41) is 62.5. The number of rotatable bonds is 3. The van der Waals surface area contributed by atoms with Crippen molar-refractivity contribution in [3.05, 3.63) is 52.8 Å². The number of phenols is 3. The fourth-order valence-electron chi connectivity index (χ4n) is 6.95. The van der Waals surface area contributed by atoms with E-state index in [1.54, 1.807) is 39.8 Å². The largest absolute Gasteiger partial charge is 0.507 e. The molecular formula is C38H49N3O12. The van der Waals surface area contributed by atoms with Crippen LogP contribution in [0.4, 0.5) is 5.69 Å². The Hall–Kier alpha value is -5.12. The van der Waals surface area contributed by atoms with Crippen molar-refractivity contribution < 1.29 is 58.9 Å². The smallest absolute Gasteiger partial charge is 0.312 e. The molecule has 0 saturated heterocycles. The molecule has 0 radical (unpaired) electrons. The van der Waals surface area contributed by atoms with Crippen molar-refractivity contribution in [3.8, 4) is 23.0 Å². The minimum atomic E-state index is -2.05. The van der Waals surface area contributed by atoms with Crippen LogP contribution < -0.4 is 15.9 Å².